The summed E-state index contributed by atoms with van der Waals surface area (Å²) in [6.45, 7) is 9.56. The first-order chi connectivity index (χ1) is 5.54. The second kappa shape index (κ2) is 5.63. The van der Waals surface area contributed by atoms with Crippen LogP contribution < -0.4 is 0 Å². The van der Waals surface area contributed by atoms with E-state index in [4.69, 9.17) is 9.47 Å². The SMILES string of the molecule is C=C(C)OCCOC(=O)C(C)C. The molecule has 0 fully saturated rings. The molecule has 0 rings (SSSR count). The first kappa shape index (κ1) is 11.0. The van der Waals surface area contributed by atoms with Crippen molar-refractivity contribution in [3.63, 3.8) is 0 Å². The summed E-state index contributed by atoms with van der Waals surface area (Å²) in [7, 11) is 0. The van der Waals surface area contributed by atoms with Crippen LogP contribution in [0.3, 0.4) is 0 Å². The van der Waals surface area contributed by atoms with Crippen molar-refractivity contribution in [2.75, 3.05) is 13.2 Å². The van der Waals surface area contributed by atoms with Gasteiger partial charge in [0.1, 0.15) is 13.2 Å². The van der Waals surface area contributed by atoms with E-state index in [-0.39, 0.29) is 11.9 Å². The highest BCUT2D eigenvalue weighted by Crippen LogP contribution is 1.96. The van der Waals surface area contributed by atoms with Crippen LogP contribution in [0.25, 0.3) is 0 Å². The number of rotatable bonds is 5. The van der Waals surface area contributed by atoms with E-state index in [1.54, 1.807) is 20.8 Å². The van der Waals surface area contributed by atoms with E-state index in [0.717, 1.165) is 0 Å². The summed E-state index contributed by atoms with van der Waals surface area (Å²) in [4.78, 5) is 10.9. The highest BCUT2D eigenvalue weighted by Gasteiger charge is 2.06. The number of allylic oxidation sites excluding steroid dienone is 1. The molecule has 0 unspecified atom stereocenters. The van der Waals surface area contributed by atoms with E-state index in [9.17, 15) is 4.79 Å². The Morgan fingerprint density at radius 3 is 2.25 bits per heavy atom. The van der Waals surface area contributed by atoms with Crippen molar-refractivity contribution in [2.24, 2.45) is 5.92 Å². The van der Waals surface area contributed by atoms with Gasteiger partial charge in [-0.05, 0) is 6.92 Å². The van der Waals surface area contributed by atoms with Crippen LogP contribution in [0.4, 0.5) is 0 Å². The Balaban J connectivity index is 3.32. The van der Waals surface area contributed by atoms with Gasteiger partial charge in [-0.1, -0.05) is 20.4 Å². The van der Waals surface area contributed by atoms with E-state index in [0.29, 0.717) is 19.0 Å². The average molecular weight is 172 g/mol. The van der Waals surface area contributed by atoms with Gasteiger partial charge < -0.3 is 9.47 Å². The van der Waals surface area contributed by atoms with Gasteiger partial charge in [0.25, 0.3) is 0 Å². The fourth-order valence-electron chi connectivity index (χ4n) is 0.525. The Kier molecular flexibility index (Phi) is 5.17. The van der Waals surface area contributed by atoms with Crippen molar-refractivity contribution < 1.29 is 14.3 Å². The first-order valence-electron chi connectivity index (χ1n) is 3.99. The fourth-order valence-corrected chi connectivity index (χ4v) is 0.525. The van der Waals surface area contributed by atoms with Crippen LogP contribution in [0.1, 0.15) is 20.8 Å². The summed E-state index contributed by atoms with van der Waals surface area (Å²) in [5, 5.41) is 0. The van der Waals surface area contributed by atoms with E-state index in [1.807, 2.05) is 0 Å². The summed E-state index contributed by atoms with van der Waals surface area (Å²) in [6.07, 6.45) is 0. The number of ether oxygens (including phenoxy) is 2. The number of esters is 1. The maximum Gasteiger partial charge on any atom is 0.308 e. The molecule has 0 amide bonds. The highest BCUT2D eigenvalue weighted by molar-refractivity contribution is 5.71. The fraction of sp³-hybridized carbons (Fsp3) is 0.667. The van der Waals surface area contributed by atoms with Gasteiger partial charge in [-0.25, -0.2) is 0 Å². The molecule has 3 heteroatoms. The van der Waals surface area contributed by atoms with Crippen molar-refractivity contribution >= 4 is 5.97 Å². The number of hydrogen-bond acceptors (Lipinski definition) is 3. The second-order valence-corrected chi connectivity index (χ2v) is 2.87. The maximum atomic E-state index is 10.9. The third kappa shape index (κ3) is 5.77. The van der Waals surface area contributed by atoms with Gasteiger partial charge in [-0.15, -0.1) is 0 Å². The highest BCUT2D eigenvalue weighted by atomic mass is 16.6. The summed E-state index contributed by atoms with van der Waals surface area (Å²) >= 11 is 0. The van der Waals surface area contributed by atoms with Crippen molar-refractivity contribution in [2.45, 2.75) is 20.8 Å². The summed E-state index contributed by atoms with van der Waals surface area (Å²) < 4.78 is 9.85. The zero-order valence-corrected chi connectivity index (χ0v) is 7.92. The smallest absolute Gasteiger partial charge is 0.308 e. The van der Waals surface area contributed by atoms with Gasteiger partial charge in [0.15, 0.2) is 0 Å². The van der Waals surface area contributed by atoms with Crippen LogP contribution in [-0.2, 0) is 14.3 Å². The maximum absolute atomic E-state index is 10.9. The predicted molar refractivity (Wildman–Crippen MR) is 46.6 cm³/mol. The minimum absolute atomic E-state index is 0.0742. The molecule has 0 aliphatic heterocycles. The minimum atomic E-state index is -0.194. The molecule has 0 spiro atoms. The summed E-state index contributed by atoms with van der Waals surface area (Å²) in [5.41, 5.74) is 0. The van der Waals surface area contributed by atoms with Crippen LogP contribution in [0, 0.1) is 5.92 Å². The van der Waals surface area contributed by atoms with Gasteiger partial charge in [-0.2, -0.15) is 0 Å². The minimum Gasteiger partial charge on any atom is -0.495 e. The molecule has 0 aromatic carbocycles. The molecule has 0 aliphatic carbocycles. The molecule has 0 atom stereocenters. The zero-order chi connectivity index (χ0) is 9.56. The molecule has 0 N–H and O–H groups in total. The van der Waals surface area contributed by atoms with Gasteiger partial charge in [0, 0.05) is 0 Å². The van der Waals surface area contributed by atoms with Crippen LogP contribution in [0.2, 0.25) is 0 Å². The Hall–Kier alpha value is -0.990. The molecule has 3 nitrogen and oxygen atoms in total. The van der Waals surface area contributed by atoms with Gasteiger partial charge >= 0.3 is 5.97 Å². The molecule has 70 valence electrons. The van der Waals surface area contributed by atoms with Crippen molar-refractivity contribution in [1.29, 1.82) is 0 Å². The molecule has 12 heavy (non-hydrogen) atoms. The lowest BCUT2D eigenvalue weighted by molar-refractivity contribution is -0.148. The molecule has 0 radical (unpaired) electrons. The quantitative estimate of drug-likeness (QED) is 0.360. The Morgan fingerprint density at radius 1 is 1.33 bits per heavy atom. The van der Waals surface area contributed by atoms with Crippen LogP contribution in [0.15, 0.2) is 12.3 Å². The van der Waals surface area contributed by atoms with Gasteiger partial charge in [-0.3, -0.25) is 4.79 Å². The Morgan fingerprint density at radius 2 is 1.83 bits per heavy atom. The standard InChI is InChI=1S/C9H16O3/c1-7(2)9(10)12-6-5-11-8(3)4/h7H,3,5-6H2,1-2,4H3. The molecular formula is C9H16O3. The largest absolute Gasteiger partial charge is 0.495 e. The van der Waals surface area contributed by atoms with Crippen LogP contribution in [0.5, 0.6) is 0 Å². The lowest BCUT2D eigenvalue weighted by Crippen LogP contribution is -2.14. The zero-order valence-electron chi connectivity index (χ0n) is 7.92. The number of carbonyl (C=O) groups is 1. The normalized spacial score (nSPS) is 9.67. The molecule has 0 saturated carbocycles. The van der Waals surface area contributed by atoms with Crippen molar-refractivity contribution in [3.05, 3.63) is 12.3 Å². The lowest BCUT2D eigenvalue weighted by atomic mass is 10.2. The van der Waals surface area contributed by atoms with E-state index in [2.05, 4.69) is 6.58 Å². The van der Waals surface area contributed by atoms with E-state index >= 15 is 0 Å². The average Bonchev–Trinajstić information content (AvgIpc) is 1.97. The third-order valence-corrected chi connectivity index (χ3v) is 1.15. The molecule has 0 bridgehead atoms. The molecule has 0 heterocycles. The first-order valence-corrected chi connectivity index (χ1v) is 3.99. The molecular weight excluding hydrogens is 156 g/mol. The predicted octanol–water partition coefficient (Wildman–Crippen LogP) is 1.74. The van der Waals surface area contributed by atoms with Crippen molar-refractivity contribution in [3.8, 4) is 0 Å². The molecule has 0 saturated heterocycles. The van der Waals surface area contributed by atoms with Crippen molar-refractivity contribution in [1.82, 2.24) is 0 Å². The molecule has 0 aromatic heterocycles. The summed E-state index contributed by atoms with van der Waals surface area (Å²) in [6, 6.07) is 0. The molecule has 0 aliphatic rings. The van der Waals surface area contributed by atoms with Crippen LogP contribution >= 0.6 is 0 Å². The van der Waals surface area contributed by atoms with E-state index < -0.39 is 0 Å². The summed E-state index contributed by atoms with van der Waals surface area (Å²) in [5.74, 6) is 0.366. The van der Waals surface area contributed by atoms with E-state index in [1.165, 1.54) is 0 Å². The number of hydrogen-bond donors (Lipinski definition) is 0. The Labute approximate surface area is 73.4 Å². The topological polar surface area (TPSA) is 35.5 Å². The van der Waals surface area contributed by atoms with Crippen LogP contribution in [-0.4, -0.2) is 19.2 Å². The van der Waals surface area contributed by atoms with Gasteiger partial charge in [0.2, 0.25) is 0 Å². The van der Waals surface area contributed by atoms with Gasteiger partial charge in [0.05, 0.1) is 11.7 Å². The lowest BCUT2D eigenvalue weighted by Gasteiger charge is -2.07. The number of carbonyl (C=O) groups excluding carboxylic acids is 1. The Bertz CT molecular complexity index is 161. The molecule has 0 aromatic rings. The third-order valence-electron chi connectivity index (χ3n) is 1.15. The monoisotopic (exact) mass is 172 g/mol. The second-order valence-electron chi connectivity index (χ2n) is 2.87.